The lowest BCUT2D eigenvalue weighted by Gasteiger charge is -2.05. The highest BCUT2D eigenvalue weighted by molar-refractivity contribution is 9.10. The van der Waals surface area contributed by atoms with E-state index in [9.17, 15) is 8.42 Å². The number of thiocarbonyl (C=S) groups is 1. The zero-order chi connectivity index (χ0) is 12.3. The van der Waals surface area contributed by atoms with Gasteiger partial charge in [-0.2, -0.15) is 0 Å². The second-order valence-electron chi connectivity index (χ2n) is 2.92. The summed E-state index contributed by atoms with van der Waals surface area (Å²) in [4.78, 5) is 0.255. The summed E-state index contributed by atoms with van der Waals surface area (Å²) in [5, 5.41) is 7.13. The van der Waals surface area contributed by atoms with Crippen molar-refractivity contribution in [2.24, 2.45) is 12.8 Å². The number of hydrogen-bond acceptors (Lipinski definition) is 5. The van der Waals surface area contributed by atoms with Gasteiger partial charge in [-0.1, -0.05) is 17.4 Å². The number of nitrogens with two attached hydrogens (primary N) is 1. The Labute approximate surface area is 107 Å². The minimum Gasteiger partial charge on any atom is -0.393 e. The van der Waals surface area contributed by atoms with Gasteiger partial charge >= 0.3 is 0 Å². The number of nitrogens with zero attached hydrogens (tertiary/aromatic N) is 3. The highest BCUT2D eigenvalue weighted by Gasteiger charge is 2.23. The molecule has 0 aromatic carbocycles. The van der Waals surface area contributed by atoms with E-state index in [4.69, 9.17) is 5.73 Å². The molecule has 0 aliphatic rings. The molecule has 0 saturated heterocycles. The van der Waals surface area contributed by atoms with E-state index in [0.717, 1.165) is 4.68 Å². The fourth-order valence-corrected chi connectivity index (χ4v) is 3.21. The van der Waals surface area contributed by atoms with Gasteiger partial charge in [0, 0.05) is 20.0 Å². The van der Waals surface area contributed by atoms with Crippen LogP contribution < -0.4 is 10.5 Å². The van der Waals surface area contributed by atoms with Gasteiger partial charge in [-0.05, 0) is 15.9 Å². The molecule has 0 aliphatic heterocycles. The average Bonchev–Trinajstić information content (AvgIpc) is 2.45. The third-order valence-corrected chi connectivity index (χ3v) is 4.21. The summed E-state index contributed by atoms with van der Waals surface area (Å²) in [5.74, 6) is 0. The Morgan fingerprint density at radius 2 is 2.31 bits per heavy atom. The minimum absolute atomic E-state index is 0.0320. The molecule has 0 amide bonds. The zero-order valence-corrected chi connectivity index (χ0v) is 11.6. The second-order valence-corrected chi connectivity index (χ2v) is 5.88. The van der Waals surface area contributed by atoms with E-state index in [2.05, 4.69) is 43.2 Å². The maximum atomic E-state index is 11.8. The lowest BCUT2D eigenvalue weighted by Crippen LogP contribution is -2.29. The number of nitrogens with one attached hydrogen (secondary N) is 1. The number of rotatable bonds is 5. The summed E-state index contributed by atoms with van der Waals surface area (Å²) in [6, 6.07) is 0. The van der Waals surface area contributed by atoms with Gasteiger partial charge in [0.2, 0.25) is 5.03 Å². The fraction of sp³-hybridized carbons (Fsp3) is 0.500. The number of sulfonamides is 1. The normalized spacial score (nSPS) is 11.6. The van der Waals surface area contributed by atoms with E-state index in [1.165, 1.54) is 7.05 Å². The molecule has 90 valence electrons. The van der Waals surface area contributed by atoms with Crippen LogP contribution in [0.15, 0.2) is 9.63 Å². The van der Waals surface area contributed by atoms with E-state index in [0.29, 0.717) is 6.42 Å². The van der Waals surface area contributed by atoms with Gasteiger partial charge in [-0.25, -0.2) is 17.8 Å². The van der Waals surface area contributed by atoms with Crippen molar-refractivity contribution in [2.45, 2.75) is 11.4 Å². The quantitative estimate of drug-likeness (QED) is 0.709. The first-order chi connectivity index (χ1) is 7.34. The zero-order valence-electron chi connectivity index (χ0n) is 8.34. The van der Waals surface area contributed by atoms with E-state index in [-0.39, 0.29) is 21.2 Å². The molecule has 1 aromatic heterocycles. The molecular formula is C6H10BrN5O2S2. The first-order valence-electron chi connectivity index (χ1n) is 4.17. The van der Waals surface area contributed by atoms with Crippen LogP contribution in [-0.2, 0) is 17.1 Å². The molecule has 3 N–H and O–H groups in total. The van der Waals surface area contributed by atoms with E-state index >= 15 is 0 Å². The number of aromatic nitrogens is 3. The number of hydrogen-bond donors (Lipinski definition) is 2. The molecule has 1 rings (SSSR count). The third-order valence-electron chi connectivity index (χ3n) is 1.66. The van der Waals surface area contributed by atoms with Crippen LogP contribution in [0.3, 0.4) is 0 Å². The number of halogens is 1. The second kappa shape index (κ2) is 5.17. The van der Waals surface area contributed by atoms with Crippen LogP contribution in [0.25, 0.3) is 0 Å². The van der Waals surface area contributed by atoms with Crippen LogP contribution in [0.5, 0.6) is 0 Å². The molecule has 0 saturated carbocycles. The van der Waals surface area contributed by atoms with Crippen molar-refractivity contribution in [1.29, 1.82) is 0 Å². The molecule has 1 heterocycles. The Morgan fingerprint density at radius 3 is 2.75 bits per heavy atom. The van der Waals surface area contributed by atoms with Crippen LogP contribution in [0.4, 0.5) is 0 Å². The van der Waals surface area contributed by atoms with Gasteiger partial charge in [0.05, 0.1) is 4.99 Å². The summed E-state index contributed by atoms with van der Waals surface area (Å²) in [6.45, 7) is 0.148. The fourth-order valence-electron chi connectivity index (χ4n) is 0.985. The van der Waals surface area contributed by atoms with Crippen molar-refractivity contribution >= 4 is 43.2 Å². The maximum absolute atomic E-state index is 11.8. The molecule has 0 spiro atoms. The van der Waals surface area contributed by atoms with E-state index in [1.54, 1.807) is 0 Å². The van der Waals surface area contributed by atoms with E-state index in [1.807, 2.05) is 0 Å². The average molecular weight is 328 g/mol. The van der Waals surface area contributed by atoms with Gasteiger partial charge in [0.25, 0.3) is 10.0 Å². The lowest BCUT2D eigenvalue weighted by molar-refractivity contribution is 0.561. The third kappa shape index (κ3) is 3.20. The lowest BCUT2D eigenvalue weighted by atomic mass is 10.4. The smallest absolute Gasteiger partial charge is 0.260 e. The Balaban J connectivity index is 2.83. The van der Waals surface area contributed by atoms with Gasteiger partial charge in [-0.3, -0.25) is 0 Å². The minimum atomic E-state index is -3.65. The Kier molecular flexibility index (Phi) is 4.35. The van der Waals surface area contributed by atoms with Crippen molar-refractivity contribution in [1.82, 2.24) is 19.7 Å². The molecule has 10 heteroatoms. The standard InChI is InChI=1S/C6H10BrN5O2S2/c1-12-6(5(7)10-11-12)16(13,14)9-3-2-4(8)15/h9H,2-3H2,1H3,(H2,8,15). The van der Waals surface area contributed by atoms with Gasteiger partial charge in [-0.15, -0.1) is 5.10 Å². The van der Waals surface area contributed by atoms with Crippen LogP contribution in [0.1, 0.15) is 6.42 Å². The van der Waals surface area contributed by atoms with Gasteiger partial charge in [0.1, 0.15) is 0 Å². The molecule has 1 aromatic rings. The highest BCUT2D eigenvalue weighted by Crippen LogP contribution is 2.17. The van der Waals surface area contributed by atoms with Crippen LogP contribution in [0, 0.1) is 0 Å². The SMILES string of the molecule is Cn1nnc(Br)c1S(=O)(=O)NCCC(N)=S. The van der Waals surface area contributed by atoms with Crippen molar-refractivity contribution in [2.75, 3.05) is 6.54 Å². The summed E-state index contributed by atoms with van der Waals surface area (Å²) >= 11 is 7.65. The van der Waals surface area contributed by atoms with Gasteiger partial charge < -0.3 is 5.73 Å². The summed E-state index contributed by atoms with van der Waals surface area (Å²) in [7, 11) is -2.16. The van der Waals surface area contributed by atoms with Crippen LogP contribution >= 0.6 is 28.1 Å². The molecule has 0 atom stereocenters. The summed E-state index contributed by atoms with van der Waals surface area (Å²) in [5.41, 5.74) is 5.26. The van der Waals surface area contributed by atoms with Gasteiger partial charge in [0.15, 0.2) is 4.60 Å². The summed E-state index contributed by atoms with van der Waals surface area (Å²) in [6.07, 6.45) is 0.303. The molecule has 0 fully saturated rings. The molecule has 0 bridgehead atoms. The molecule has 0 aliphatic carbocycles. The first-order valence-corrected chi connectivity index (χ1v) is 6.86. The van der Waals surface area contributed by atoms with Crippen molar-refractivity contribution in [3.8, 4) is 0 Å². The summed E-state index contributed by atoms with van der Waals surface area (Å²) < 4.78 is 27.3. The van der Waals surface area contributed by atoms with Crippen molar-refractivity contribution in [3.63, 3.8) is 0 Å². The topological polar surface area (TPSA) is 103 Å². The van der Waals surface area contributed by atoms with Crippen molar-refractivity contribution in [3.05, 3.63) is 4.60 Å². The molecular weight excluding hydrogens is 318 g/mol. The molecule has 0 unspecified atom stereocenters. The predicted molar refractivity (Wildman–Crippen MR) is 65.3 cm³/mol. The Morgan fingerprint density at radius 1 is 1.69 bits per heavy atom. The van der Waals surface area contributed by atoms with Crippen molar-refractivity contribution < 1.29 is 8.42 Å². The Bertz CT molecular complexity index is 478. The van der Waals surface area contributed by atoms with Crippen LogP contribution in [-0.4, -0.2) is 34.9 Å². The highest BCUT2D eigenvalue weighted by atomic mass is 79.9. The maximum Gasteiger partial charge on any atom is 0.260 e. The number of aryl methyl sites for hydroxylation is 1. The molecule has 16 heavy (non-hydrogen) atoms. The largest absolute Gasteiger partial charge is 0.393 e. The molecule has 7 nitrogen and oxygen atoms in total. The predicted octanol–water partition coefficient (Wildman–Crippen LogP) is -0.468. The first kappa shape index (κ1) is 13.5. The monoisotopic (exact) mass is 327 g/mol. The van der Waals surface area contributed by atoms with Crippen LogP contribution in [0.2, 0.25) is 0 Å². The Hall–Kier alpha value is -0.580. The van der Waals surface area contributed by atoms with E-state index < -0.39 is 10.0 Å². The molecule has 0 radical (unpaired) electrons.